The van der Waals surface area contributed by atoms with E-state index in [2.05, 4.69) is 10.8 Å². The maximum atomic E-state index is 13.5. The number of thiophene rings is 1. The highest BCUT2D eigenvalue weighted by atomic mass is 32.1. The molecular formula is C27H21F3N4O3S. The van der Waals surface area contributed by atoms with Crippen molar-refractivity contribution in [3.8, 4) is 11.8 Å². The molecule has 0 bridgehead atoms. The molecule has 1 amide bonds. The van der Waals surface area contributed by atoms with Crippen LogP contribution in [-0.4, -0.2) is 47.9 Å². The van der Waals surface area contributed by atoms with Crippen molar-refractivity contribution in [2.45, 2.75) is 12.9 Å². The number of nitriles is 1. The van der Waals surface area contributed by atoms with Gasteiger partial charge in [-0.2, -0.15) is 5.26 Å². The van der Waals surface area contributed by atoms with Crippen LogP contribution in [0.2, 0.25) is 0 Å². The first-order valence-electron chi connectivity index (χ1n) is 11.7. The Bertz CT molecular complexity index is 1570. The number of hydrogen-bond acceptors (Lipinski definition) is 6. The van der Waals surface area contributed by atoms with Crippen LogP contribution >= 0.6 is 11.3 Å². The number of carbonyl (C=O) groups excluding carboxylic acids is 1. The van der Waals surface area contributed by atoms with Gasteiger partial charge >= 0.3 is 6.36 Å². The van der Waals surface area contributed by atoms with Crippen LogP contribution in [0.1, 0.15) is 20.8 Å². The lowest BCUT2D eigenvalue weighted by Gasteiger charge is -2.37. The number of benzene rings is 2. The van der Waals surface area contributed by atoms with Gasteiger partial charge in [-0.3, -0.25) is 9.59 Å². The molecule has 0 N–H and O–H groups in total. The summed E-state index contributed by atoms with van der Waals surface area (Å²) in [5, 5.41) is 12.6. The van der Waals surface area contributed by atoms with E-state index in [-0.39, 0.29) is 23.8 Å². The molecule has 0 saturated carbocycles. The fourth-order valence-electron chi connectivity index (χ4n) is 4.64. The molecule has 0 radical (unpaired) electrons. The van der Waals surface area contributed by atoms with Crippen LogP contribution in [0.25, 0.3) is 10.9 Å². The normalized spacial score (nSPS) is 13.9. The van der Waals surface area contributed by atoms with E-state index >= 15 is 0 Å². The molecule has 1 saturated heterocycles. The zero-order valence-electron chi connectivity index (χ0n) is 19.9. The number of amides is 1. The Hall–Kier alpha value is -4.30. The molecule has 5 rings (SSSR count). The highest BCUT2D eigenvalue weighted by Crippen LogP contribution is 2.31. The highest BCUT2D eigenvalue weighted by Gasteiger charge is 2.31. The van der Waals surface area contributed by atoms with Crippen LogP contribution in [0.5, 0.6) is 5.75 Å². The monoisotopic (exact) mass is 538 g/mol. The molecule has 0 unspecified atom stereocenters. The Balaban J connectivity index is 1.46. The van der Waals surface area contributed by atoms with Crippen molar-refractivity contribution in [3.05, 3.63) is 92.4 Å². The van der Waals surface area contributed by atoms with Gasteiger partial charge in [0.2, 0.25) is 0 Å². The number of aromatic nitrogens is 1. The molecule has 194 valence electrons. The second-order valence-corrected chi connectivity index (χ2v) is 9.64. The van der Waals surface area contributed by atoms with Gasteiger partial charge in [-0.25, -0.2) is 0 Å². The highest BCUT2D eigenvalue weighted by molar-refractivity contribution is 7.12. The Kier molecular flexibility index (Phi) is 6.82. The quantitative estimate of drug-likeness (QED) is 0.363. The van der Waals surface area contributed by atoms with Gasteiger partial charge in [0, 0.05) is 31.6 Å². The van der Waals surface area contributed by atoms with E-state index in [0.29, 0.717) is 53.2 Å². The molecule has 1 fully saturated rings. The van der Waals surface area contributed by atoms with Crippen molar-refractivity contribution >= 4 is 33.8 Å². The van der Waals surface area contributed by atoms with Crippen molar-refractivity contribution in [1.82, 2.24) is 9.47 Å². The number of fused-ring (bicyclic) bond motifs is 1. The van der Waals surface area contributed by atoms with Crippen molar-refractivity contribution in [2.24, 2.45) is 0 Å². The average molecular weight is 539 g/mol. The fraction of sp³-hybridized carbons (Fsp3) is 0.222. The summed E-state index contributed by atoms with van der Waals surface area (Å²) in [6, 6.07) is 18.2. The summed E-state index contributed by atoms with van der Waals surface area (Å²) < 4.78 is 42.9. The zero-order valence-corrected chi connectivity index (χ0v) is 20.8. The smallest absolute Gasteiger partial charge is 0.406 e. The number of pyridine rings is 1. The van der Waals surface area contributed by atoms with Crippen molar-refractivity contribution in [2.75, 3.05) is 31.1 Å². The van der Waals surface area contributed by atoms with E-state index in [9.17, 15) is 28.0 Å². The SMILES string of the molecule is N#Cc1c(N2CCN(C(=O)c3cccs3)CC2)c2ccccc2n(Cc2ccc(OC(F)(F)F)cc2)c1=O. The van der Waals surface area contributed by atoms with Crippen molar-refractivity contribution in [1.29, 1.82) is 5.26 Å². The summed E-state index contributed by atoms with van der Waals surface area (Å²) in [4.78, 5) is 30.7. The molecular weight excluding hydrogens is 517 g/mol. The first-order chi connectivity index (χ1) is 18.2. The lowest BCUT2D eigenvalue weighted by molar-refractivity contribution is -0.274. The molecule has 0 spiro atoms. The number of ether oxygens (including phenoxy) is 1. The van der Waals surface area contributed by atoms with E-state index < -0.39 is 11.9 Å². The number of carbonyl (C=O) groups is 1. The molecule has 3 heterocycles. The van der Waals surface area contributed by atoms with E-state index in [0.717, 1.165) is 0 Å². The minimum Gasteiger partial charge on any atom is -0.406 e. The predicted molar refractivity (Wildman–Crippen MR) is 138 cm³/mol. The van der Waals surface area contributed by atoms with Gasteiger partial charge < -0.3 is 19.1 Å². The lowest BCUT2D eigenvalue weighted by atomic mass is 10.1. The largest absolute Gasteiger partial charge is 0.573 e. The number of para-hydroxylation sites is 1. The molecule has 2 aromatic heterocycles. The van der Waals surface area contributed by atoms with Crippen LogP contribution in [0.3, 0.4) is 0 Å². The minimum absolute atomic E-state index is 0.0150. The second-order valence-electron chi connectivity index (χ2n) is 8.69. The summed E-state index contributed by atoms with van der Waals surface area (Å²) in [7, 11) is 0. The van der Waals surface area contributed by atoms with Gasteiger partial charge in [-0.1, -0.05) is 36.4 Å². The Morgan fingerprint density at radius 1 is 1.00 bits per heavy atom. The van der Waals surface area contributed by atoms with Crippen LogP contribution in [-0.2, 0) is 6.54 Å². The van der Waals surface area contributed by atoms with E-state index in [1.165, 1.54) is 40.2 Å². The second kappa shape index (κ2) is 10.2. The van der Waals surface area contributed by atoms with E-state index in [1.54, 1.807) is 23.1 Å². The number of anilines is 1. The van der Waals surface area contributed by atoms with Crippen molar-refractivity contribution < 1.29 is 22.7 Å². The van der Waals surface area contributed by atoms with Crippen LogP contribution in [0, 0.1) is 11.3 Å². The third-order valence-electron chi connectivity index (χ3n) is 6.37. The Morgan fingerprint density at radius 3 is 2.34 bits per heavy atom. The summed E-state index contributed by atoms with van der Waals surface area (Å²) in [6.07, 6.45) is -4.80. The summed E-state index contributed by atoms with van der Waals surface area (Å²) in [5.41, 5.74) is 1.19. The molecule has 0 atom stereocenters. The summed E-state index contributed by atoms with van der Waals surface area (Å²) in [6.45, 7) is 1.88. The van der Waals surface area contributed by atoms with Crippen LogP contribution in [0.4, 0.5) is 18.9 Å². The molecule has 2 aromatic carbocycles. The summed E-state index contributed by atoms with van der Waals surface area (Å²) in [5.74, 6) is -0.393. The molecule has 7 nitrogen and oxygen atoms in total. The first-order valence-corrected chi connectivity index (χ1v) is 12.6. The number of rotatable bonds is 5. The van der Waals surface area contributed by atoms with Crippen LogP contribution in [0.15, 0.2) is 70.8 Å². The molecule has 0 aliphatic carbocycles. The van der Waals surface area contributed by atoms with Gasteiger partial charge in [0.15, 0.2) is 0 Å². The maximum Gasteiger partial charge on any atom is 0.573 e. The first kappa shape index (κ1) is 25.4. The number of halogens is 3. The molecule has 4 aromatic rings. The summed E-state index contributed by atoms with van der Waals surface area (Å²) >= 11 is 1.39. The number of nitrogens with zero attached hydrogens (tertiary/aromatic N) is 4. The number of piperazine rings is 1. The topological polar surface area (TPSA) is 78.6 Å². The third-order valence-corrected chi connectivity index (χ3v) is 7.23. The Labute approximate surface area is 219 Å². The molecule has 1 aliphatic heterocycles. The van der Waals surface area contributed by atoms with Crippen LogP contribution < -0.4 is 15.2 Å². The van der Waals surface area contributed by atoms with Gasteiger partial charge in [-0.05, 0) is 35.2 Å². The van der Waals surface area contributed by atoms with E-state index in [1.807, 2.05) is 28.5 Å². The molecule has 1 aliphatic rings. The van der Waals surface area contributed by atoms with Crippen molar-refractivity contribution in [3.63, 3.8) is 0 Å². The Morgan fingerprint density at radius 2 is 1.71 bits per heavy atom. The van der Waals surface area contributed by atoms with Gasteiger partial charge in [-0.15, -0.1) is 24.5 Å². The average Bonchev–Trinajstić information content (AvgIpc) is 3.45. The predicted octanol–water partition coefficient (Wildman–Crippen LogP) is 4.84. The zero-order chi connectivity index (χ0) is 26.9. The maximum absolute atomic E-state index is 13.5. The number of hydrogen-bond donors (Lipinski definition) is 0. The third kappa shape index (κ3) is 5.08. The minimum atomic E-state index is -4.80. The fourth-order valence-corrected chi connectivity index (χ4v) is 5.33. The molecule has 38 heavy (non-hydrogen) atoms. The standard InChI is InChI=1S/C27H21F3N4O3S/c28-27(29,30)37-19-9-7-18(8-10-19)17-34-22-5-2-1-4-20(22)24(21(16-31)25(34)35)32-11-13-33(14-12-32)26(36)23-6-3-15-38-23/h1-10,15H,11-14,17H2. The molecule has 11 heteroatoms. The van der Waals surface area contributed by atoms with Gasteiger partial charge in [0.1, 0.15) is 17.4 Å². The number of alkyl halides is 3. The van der Waals surface area contributed by atoms with E-state index in [4.69, 9.17) is 0 Å². The van der Waals surface area contributed by atoms with Gasteiger partial charge in [0.25, 0.3) is 11.5 Å². The van der Waals surface area contributed by atoms with Gasteiger partial charge in [0.05, 0.1) is 22.6 Å². The lowest BCUT2D eigenvalue weighted by Crippen LogP contribution is -2.49.